The lowest BCUT2D eigenvalue weighted by molar-refractivity contribution is -0.134. The Morgan fingerprint density at radius 1 is 1.10 bits per heavy atom. The van der Waals surface area contributed by atoms with Crippen LogP contribution in [-0.2, 0) is 4.79 Å². The molecule has 6 heteroatoms. The first kappa shape index (κ1) is 19.5. The lowest BCUT2D eigenvalue weighted by Gasteiger charge is -2.26. The number of carbonyl (C=O) groups excluding carboxylic acids is 1. The smallest absolute Gasteiger partial charge is 0.260 e. The van der Waals surface area contributed by atoms with Crippen molar-refractivity contribution in [3.05, 3.63) is 63.3 Å². The number of amides is 1. The van der Waals surface area contributed by atoms with Crippen LogP contribution in [0.2, 0.25) is 5.02 Å². The van der Waals surface area contributed by atoms with E-state index in [0.717, 1.165) is 37.9 Å². The van der Waals surface area contributed by atoms with Crippen LogP contribution in [0.15, 0.2) is 51.7 Å². The van der Waals surface area contributed by atoms with Gasteiger partial charge in [0.05, 0.1) is 5.39 Å². The van der Waals surface area contributed by atoms with Crippen LogP contribution >= 0.6 is 11.6 Å². The minimum Gasteiger partial charge on any atom is -0.476 e. The second kappa shape index (κ2) is 8.29. The first-order chi connectivity index (χ1) is 14.0. The molecule has 29 heavy (non-hydrogen) atoms. The predicted molar refractivity (Wildman–Crippen MR) is 114 cm³/mol. The van der Waals surface area contributed by atoms with Gasteiger partial charge in [-0.2, -0.15) is 0 Å². The number of piperidine rings is 1. The number of halogens is 1. The van der Waals surface area contributed by atoms with E-state index in [-0.39, 0.29) is 23.7 Å². The molecule has 1 saturated heterocycles. The van der Waals surface area contributed by atoms with E-state index >= 15 is 0 Å². The Bertz CT molecular complexity index is 1100. The lowest BCUT2D eigenvalue weighted by Crippen LogP contribution is -2.39. The van der Waals surface area contributed by atoms with E-state index < -0.39 is 0 Å². The van der Waals surface area contributed by atoms with E-state index in [4.69, 9.17) is 20.8 Å². The van der Waals surface area contributed by atoms with E-state index in [0.29, 0.717) is 27.3 Å². The highest BCUT2D eigenvalue weighted by Crippen LogP contribution is 2.32. The van der Waals surface area contributed by atoms with E-state index in [1.807, 2.05) is 31.2 Å². The largest absolute Gasteiger partial charge is 0.476 e. The van der Waals surface area contributed by atoms with Gasteiger partial charge in [-0.15, -0.1) is 0 Å². The number of ether oxygens (including phenoxy) is 1. The summed E-state index contributed by atoms with van der Waals surface area (Å²) in [5.41, 5.74) is 1.89. The maximum absolute atomic E-state index is 13.2. The number of carbonyl (C=O) groups is 1. The molecule has 5 nitrogen and oxygen atoms in total. The van der Waals surface area contributed by atoms with Gasteiger partial charge in [-0.25, -0.2) is 0 Å². The van der Waals surface area contributed by atoms with Crippen molar-refractivity contribution in [2.24, 2.45) is 0 Å². The molecule has 1 amide bonds. The maximum Gasteiger partial charge on any atom is 0.260 e. The zero-order chi connectivity index (χ0) is 20.4. The van der Waals surface area contributed by atoms with Gasteiger partial charge in [-0.05, 0) is 44.4 Å². The van der Waals surface area contributed by atoms with Crippen LogP contribution in [0.3, 0.4) is 0 Å². The number of aryl methyl sites for hydroxylation is 1. The monoisotopic (exact) mass is 411 g/mol. The summed E-state index contributed by atoms with van der Waals surface area (Å²) in [4.78, 5) is 27.5. The first-order valence-corrected chi connectivity index (χ1v) is 10.1. The highest BCUT2D eigenvalue weighted by molar-refractivity contribution is 6.31. The third-order valence-corrected chi connectivity index (χ3v) is 5.41. The molecular formula is C23H22ClNO4. The zero-order valence-electron chi connectivity index (χ0n) is 16.2. The van der Waals surface area contributed by atoms with Gasteiger partial charge in [0.1, 0.15) is 5.58 Å². The lowest BCUT2D eigenvalue weighted by atomic mass is 10.1. The molecular weight excluding hydrogens is 390 g/mol. The summed E-state index contributed by atoms with van der Waals surface area (Å²) >= 11 is 6.06. The van der Waals surface area contributed by atoms with E-state index in [9.17, 15) is 9.59 Å². The third-order valence-electron chi connectivity index (χ3n) is 5.17. The van der Waals surface area contributed by atoms with Crippen LogP contribution in [0.4, 0.5) is 0 Å². The Morgan fingerprint density at radius 2 is 1.83 bits per heavy atom. The number of hydrogen-bond donors (Lipinski definition) is 0. The quantitative estimate of drug-likeness (QED) is 0.618. The average Bonchev–Trinajstić information content (AvgIpc) is 2.74. The van der Waals surface area contributed by atoms with Crippen molar-refractivity contribution in [1.82, 2.24) is 4.90 Å². The molecule has 0 radical (unpaired) electrons. The van der Waals surface area contributed by atoms with Crippen molar-refractivity contribution in [3.8, 4) is 17.1 Å². The van der Waals surface area contributed by atoms with Gasteiger partial charge in [0, 0.05) is 23.7 Å². The van der Waals surface area contributed by atoms with Gasteiger partial charge >= 0.3 is 0 Å². The predicted octanol–water partition coefficient (Wildman–Crippen LogP) is 4.81. The molecule has 1 aliphatic rings. The molecule has 1 fully saturated rings. The second-order valence-corrected chi connectivity index (χ2v) is 7.76. The van der Waals surface area contributed by atoms with Gasteiger partial charge in [0.25, 0.3) is 5.91 Å². The maximum atomic E-state index is 13.2. The average molecular weight is 412 g/mol. The SMILES string of the molecule is Cc1ccc(-c2oc3ccc(Cl)cc3c(=O)c2OCC(=O)N2CCCCC2)cc1. The number of fused-ring (bicyclic) bond motifs is 1. The number of hydrogen-bond acceptors (Lipinski definition) is 4. The fourth-order valence-corrected chi connectivity index (χ4v) is 3.72. The number of benzene rings is 2. The molecule has 0 atom stereocenters. The molecule has 1 aliphatic heterocycles. The molecule has 0 bridgehead atoms. The Kier molecular flexibility index (Phi) is 5.58. The minimum atomic E-state index is -0.337. The summed E-state index contributed by atoms with van der Waals surface area (Å²) < 4.78 is 11.8. The Hall–Kier alpha value is -2.79. The van der Waals surface area contributed by atoms with Gasteiger partial charge in [0.2, 0.25) is 11.2 Å². The van der Waals surface area contributed by atoms with E-state index in [1.54, 1.807) is 23.1 Å². The standard InChI is InChI=1S/C23H22ClNO4/c1-15-5-7-16(8-6-15)22-23(28-14-20(26)25-11-3-2-4-12-25)21(27)18-13-17(24)9-10-19(18)29-22/h5-10,13H,2-4,11-12,14H2,1H3. The van der Waals surface area contributed by atoms with Crippen LogP contribution in [0.25, 0.3) is 22.3 Å². The summed E-state index contributed by atoms with van der Waals surface area (Å²) in [6.07, 6.45) is 3.13. The molecule has 0 aliphatic carbocycles. The van der Waals surface area contributed by atoms with Crippen LogP contribution in [0.1, 0.15) is 24.8 Å². The van der Waals surface area contributed by atoms with Crippen LogP contribution < -0.4 is 10.2 Å². The molecule has 1 aromatic heterocycles. The third kappa shape index (κ3) is 4.15. The summed E-state index contributed by atoms with van der Waals surface area (Å²) in [5, 5.41) is 0.761. The van der Waals surface area contributed by atoms with Gasteiger partial charge < -0.3 is 14.1 Å². The Morgan fingerprint density at radius 3 is 2.55 bits per heavy atom. The summed E-state index contributed by atoms with van der Waals surface area (Å²) in [7, 11) is 0. The zero-order valence-corrected chi connectivity index (χ0v) is 17.0. The fraction of sp³-hybridized carbons (Fsp3) is 0.304. The van der Waals surface area contributed by atoms with Crippen molar-refractivity contribution in [2.45, 2.75) is 26.2 Å². The molecule has 4 rings (SSSR count). The summed E-state index contributed by atoms with van der Waals surface area (Å²) in [6.45, 7) is 3.25. The molecule has 2 aromatic carbocycles. The number of rotatable bonds is 4. The highest BCUT2D eigenvalue weighted by Gasteiger charge is 2.21. The number of nitrogens with zero attached hydrogens (tertiary/aromatic N) is 1. The van der Waals surface area contributed by atoms with Gasteiger partial charge in [-0.1, -0.05) is 41.4 Å². The first-order valence-electron chi connectivity index (χ1n) is 9.77. The Labute approximate surface area is 173 Å². The molecule has 3 aromatic rings. The van der Waals surface area contributed by atoms with Crippen LogP contribution in [0.5, 0.6) is 5.75 Å². The molecule has 150 valence electrons. The van der Waals surface area contributed by atoms with E-state index in [2.05, 4.69) is 0 Å². The van der Waals surface area contributed by atoms with Crippen molar-refractivity contribution in [1.29, 1.82) is 0 Å². The number of likely N-dealkylation sites (tertiary alicyclic amines) is 1. The Balaban J connectivity index is 1.74. The topological polar surface area (TPSA) is 59.8 Å². The van der Waals surface area contributed by atoms with E-state index in [1.165, 1.54) is 0 Å². The van der Waals surface area contributed by atoms with Crippen molar-refractivity contribution < 1.29 is 13.9 Å². The van der Waals surface area contributed by atoms with Crippen molar-refractivity contribution in [2.75, 3.05) is 19.7 Å². The molecule has 2 heterocycles. The van der Waals surface area contributed by atoms with Crippen molar-refractivity contribution in [3.63, 3.8) is 0 Å². The second-order valence-electron chi connectivity index (χ2n) is 7.33. The van der Waals surface area contributed by atoms with Crippen LogP contribution in [0, 0.1) is 6.92 Å². The highest BCUT2D eigenvalue weighted by atomic mass is 35.5. The van der Waals surface area contributed by atoms with Gasteiger partial charge in [-0.3, -0.25) is 9.59 Å². The van der Waals surface area contributed by atoms with Gasteiger partial charge in [0.15, 0.2) is 12.4 Å². The van der Waals surface area contributed by atoms with Crippen molar-refractivity contribution >= 4 is 28.5 Å². The molecule has 0 spiro atoms. The molecule has 0 N–H and O–H groups in total. The molecule has 0 saturated carbocycles. The molecule has 0 unspecified atom stereocenters. The van der Waals surface area contributed by atoms with Crippen LogP contribution in [-0.4, -0.2) is 30.5 Å². The summed E-state index contributed by atoms with van der Waals surface area (Å²) in [6, 6.07) is 12.5. The minimum absolute atomic E-state index is 0.0361. The normalized spacial score (nSPS) is 14.2. The summed E-state index contributed by atoms with van der Waals surface area (Å²) in [5.74, 6) is 0.232. The fourth-order valence-electron chi connectivity index (χ4n) is 3.54.